The zero-order valence-electron chi connectivity index (χ0n) is 9.87. The first-order chi connectivity index (χ1) is 8.84. The zero-order chi connectivity index (χ0) is 12.4. The highest BCUT2D eigenvalue weighted by molar-refractivity contribution is 5.70. The van der Waals surface area contributed by atoms with Crippen LogP contribution in [0.3, 0.4) is 0 Å². The second-order valence-corrected chi connectivity index (χ2v) is 3.96. The Bertz CT molecular complexity index is 662. The van der Waals surface area contributed by atoms with Crippen LogP contribution in [0.1, 0.15) is 5.76 Å². The second kappa shape index (κ2) is 4.41. The van der Waals surface area contributed by atoms with Gasteiger partial charge in [0.25, 0.3) is 0 Å². The molecular formula is C14H11N3O. The van der Waals surface area contributed by atoms with Crippen molar-refractivity contribution in [3.63, 3.8) is 0 Å². The molecule has 88 valence electrons. The molecule has 0 spiro atoms. The van der Waals surface area contributed by atoms with Crippen LogP contribution in [0.25, 0.3) is 22.4 Å². The summed E-state index contributed by atoms with van der Waals surface area (Å²) in [6.45, 7) is 1.88. The summed E-state index contributed by atoms with van der Waals surface area (Å²) in [5, 5.41) is 3.78. The largest absolute Gasteiger partial charge is 0.361 e. The van der Waals surface area contributed by atoms with E-state index in [2.05, 4.69) is 15.1 Å². The average Bonchev–Trinajstić information content (AvgIpc) is 2.86. The molecule has 0 aliphatic carbocycles. The van der Waals surface area contributed by atoms with E-state index in [1.807, 2.05) is 31.2 Å². The van der Waals surface area contributed by atoms with Crippen molar-refractivity contribution in [3.05, 3.63) is 54.8 Å². The molecule has 0 atom stereocenters. The van der Waals surface area contributed by atoms with Gasteiger partial charge >= 0.3 is 0 Å². The van der Waals surface area contributed by atoms with Gasteiger partial charge in [0.05, 0.1) is 17.5 Å². The molecule has 0 aliphatic rings. The zero-order valence-corrected chi connectivity index (χ0v) is 9.87. The van der Waals surface area contributed by atoms with Crippen LogP contribution in [-0.2, 0) is 0 Å². The van der Waals surface area contributed by atoms with E-state index in [9.17, 15) is 0 Å². The Hall–Kier alpha value is -2.49. The molecule has 0 aromatic carbocycles. The van der Waals surface area contributed by atoms with Crippen molar-refractivity contribution in [2.75, 3.05) is 0 Å². The van der Waals surface area contributed by atoms with Crippen LogP contribution in [0.15, 0.2) is 53.6 Å². The topological polar surface area (TPSA) is 51.8 Å². The molecule has 4 nitrogen and oxygen atoms in total. The monoisotopic (exact) mass is 237 g/mol. The van der Waals surface area contributed by atoms with E-state index in [4.69, 9.17) is 4.52 Å². The maximum Gasteiger partial charge on any atom is 0.143 e. The molecule has 3 aromatic rings. The van der Waals surface area contributed by atoms with E-state index in [1.54, 1.807) is 24.8 Å². The number of aryl methyl sites for hydroxylation is 1. The van der Waals surface area contributed by atoms with E-state index in [1.165, 1.54) is 0 Å². The van der Waals surface area contributed by atoms with Crippen molar-refractivity contribution in [1.82, 2.24) is 15.1 Å². The van der Waals surface area contributed by atoms with Gasteiger partial charge in [-0.05, 0) is 42.3 Å². The van der Waals surface area contributed by atoms with Crippen molar-refractivity contribution in [2.24, 2.45) is 0 Å². The first-order valence-corrected chi connectivity index (χ1v) is 5.63. The third kappa shape index (κ3) is 1.88. The minimum atomic E-state index is 0.773. The summed E-state index contributed by atoms with van der Waals surface area (Å²) < 4.78 is 5.06. The van der Waals surface area contributed by atoms with Gasteiger partial charge in [-0.3, -0.25) is 9.97 Å². The van der Waals surface area contributed by atoms with Crippen LogP contribution in [0.2, 0.25) is 0 Å². The molecule has 4 heteroatoms. The standard InChI is InChI=1S/C14H11N3O/c1-10-13(9-17-18-10)14-8-12(4-7-16-14)11-2-5-15-6-3-11/h2-9H,1H3. The summed E-state index contributed by atoms with van der Waals surface area (Å²) >= 11 is 0. The number of hydrogen-bond donors (Lipinski definition) is 0. The van der Waals surface area contributed by atoms with Gasteiger partial charge in [-0.2, -0.15) is 0 Å². The first-order valence-electron chi connectivity index (χ1n) is 5.63. The van der Waals surface area contributed by atoms with Crippen LogP contribution in [0.4, 0.5) is 0 Å². The summed E-state index contributed by atoms with van der Waals surface area (Å²) in [5.74, 6) is 0.773. The van der Waals surface area contributed by atoms with Crippen molar-refractivity contribution in [3.8, 4) is 22.4 Å². The predicted octanol–water partition coefficient (Wildman–Crippen LogP) is 3.11. The second-order valence-electron chi connectivity index (χ2n) is 3.96. The number of nitrogens with zero attached hydrogens (tertiary/aromatic N) is 3. The summed E-state index contributed by atoms with van der Waals surface area (Å²) in [7, 11) is 0. The number of pyridine rings is 2. The Labute approximate surface area is 104 Å². The van der Waals surface area contributed by atoms with Gasteiger partial charge in [-0.1, -0.05) is 5.16 Å². The highest BCUT2D eigenvalue weighted by atomic mass is 16.5. The lowest BCUT2D eigenvalue weighted by molar-refractivity contribution is 0.398. The van der Waals surface area contributed by atoms with Gasteiger partial charge < -0.3 is 4.52 Å². The summed E-state index contributed by atoms with van der Waals surface area (Å²) in [4.78, 5) is 8.37. The molecule has 0 bridgehead atoms. The number of hydrogen-bond acceptors (Lipinski definition) is 4. The third-order valence-electron chi connectivity index (χ3n) is 2.80. The summed E-state index contributed by atoms with van der Waals surface area (Å²) in [5.41, 5.74) is 4.00. The van der Waals surface area contributed by atoms with E-state index < -0.39 is 0 Å². The smallest absolute Gasteiger partial charge is 0.143 e. The van der Waals surface area contributed by atoms with E-state index in [-0.39, 0.29) is 0 Å². The quantitative estimate of drug-likeness (QED) is 0.687. The Kier molecular flexibility index (Phi) is 2.61. The van der Waals surface area contributed by atoms with Crippen molar-refractivity contribution in [1.29, 1.82) is 0 Å². The highest BCUT2D eigenvalue weighted by Crippen LogP contribution is 2.25. The molecule has 3 heterocycles. The number of rotatable bonds is 2. The molecule has 3 aromatic heterocycles. The fraction of sp³-hybridized carbons (Fsp3) is 0.0714. The number of aromatic nitrogens is 3. The molecule has 0 radical (unpaired) electrons. The Balaban J connectivity index is 2.08. The lowest BCUT2D eigenvalue weighted by Crippen LogP contribution is -1.85. The Morgan fingerprint density at radius 2 is 1.78 bits per heavy atom. The molecule has 0 amide bonds. The van der Waals surface area contributed by atoms with Crippen molar-refractivity contribution < 1.29 is 4.52 Å². The molecule has 0 fully saturated rings. The molecule has 0 aliphatic heterocycles. The van der Waals surface area contributed by atoms with Crippen molar-refractivity contribution >= 4 is 0 Å². The molecule has 0 saturated heterocycles. The van der Waals surface area contributed by atoms with Crippen molar-refractivity contribution in [2.45, 2.75) is 6.92 Å². The molecule has 0 saturated carbocycles. The summed E-state index contributed by atoms with van der Waals surface area (Å²) in [6.07, 6.45) is 7.03. The van der Waals surface area contributed by atoms with Gasteiger partial charge in [0.15, 0.2) is 0 Å². The van der Waals surface area contributed by atoms with E-state index in [0.29, 0.717) is 0 Å². The van der Waals surface area contributed by atoms with Crippen LogP contribution >= 0.6 is 0 Å². The first kappa shape index (κ1) is 10.7. The Morgan fingerprint density at radius 3 is 2.50 bits per heavy atom. The predicted molar refractivity (Wildman–Crippen MR) is 67.7 cm³/mol. The van der Waals surface area contributed by atoms with Gasteiger partial charge in [-0.15, -0.1) is 0 Å². The fourth-order valence-electron chi connectivity index (χ4n) is 1.85. The van der Waals surface area contributed by atoms with Crippen LogP contribution < -0.4 is 0 Å². The van der Waals surface area contributed by atoms with Crippen LogP contribution in [0, 0.1) is 6.92 Å². The normalized spacial score (nSPS) is 10.5. The highest BCUT2D eigenvalue weighted by Gasteiger charge is 2.08. The molecule has 18 heavy (non-hydrogen) atoms. The van der Waals surface area contributed by atoms with Crippen LogP contribution in [-0.4, -0.2) is 15.1 Å². The van der Waals surface area contributed by atoms with E-state index >= 15 is 0 Å². The minimum Gasteiger partial charge on any atom is -0.361 e. The Morgan fingerprint density at radius 1 is 1.00 bits per heavy atom. The minimum absolute atomic E-state index is 0.773. The fourth-order valence-corrected chi connectivity index (χ4v) is 1.85. The van der Waals surface area contributed by atoms with E-state index in [0.717, 1.165) is 28.1 Å². The van der Waals surface area contributed by atoms with Gasteiger partial charge in [0.1, 0.15) is 5.76 Å². The SMILES string of the molecule is Cc1oncc1-c1cc(-c2ccncc2)ccn1. The van der Waals surface area contributed by atoms with Gasteiger partial charge in [0, 0.05) is 18.6 Å². The lowest BCUT2D eigenvalue weighted by atomic mass is 10.1. The molecule has 0 N–H and O–H groups in total. The van der Waals surface area contributed by atoms with Gasteiger partial charge in [-0.25, -0.2) is 0 Å². The maximum absolute atomic E-state index is 5.06. The maximum atomic E-state index is 5.06. The molecular weight excluding hydrogens is 226 g/mol. The third-order valence-corrected chi connectivity index (χ3v) is 2.80. The summed E-state index contributed by atoms with van der Waals surface area (Å²) in [6, 6.07) is 7.94. The molecule has 0 unspecified atom stereocenters. The van der Waals surface area contributed by atoms with Gasteiger partial charge in [0.2, 0.25) is 0 Å². The van der Waals surface area contributed by atoms with Crippen LogP contribution in [0.5, 0.6) is 0 Å². The lowest BCUT2D eigenvalue weighted by Gasteiger charge is -2.03. The molecule has 3 rings (SSSR count). The average molecular weight is 237 g/mol.